The Morgan fingerprint density at radius 3 is 2.74 bits per heavy atom. The van der Waals surface area contributed by atoms with Gasteiger partial charge in [0, 0.05) is 5.69 Å². The minimum absolute atomic E-state index is 0.103. The van der Waals surface area contributed by atoms with Gasteiger partial charge in [-0.05, 0) is 49.6 Å². The average Bonchev–Trinajstić information content (AvgIpc) is 2.35. The molecule has 0 radical (unpaired) electrons. The van der Waals surface area contributed by atoms with E-state index in [-0.39, 0.29) is 11.3 Å². The third-order valence-corrected chi connectivity index (χ3v) is 2.88. The first kappa shape index (κ1) is 13.5. The van der Waals surface area contributed by atoms with Crippen molar-refractivity contribution in [3.05, 3.63) is 34.6 Å². The number of nitrogens with zero attached hydrogens (tertiary/aromatic N) is 3. The molecule has 0 aliphatic rings. The summed E-state index contributed by atoms with van der Waals surface area (Å²) >= 11 is 5.84. The quantitative estimate of drug-likeness (QED) is 0.930. The van der Waals surface area contributed by atoms with Crippen LogP contribution in [0.1, 0.15) is 18.1 Å². The lowest BCUT2D eigenvalue weighted by Gasteiger charge is -2.10. The van der Waals surface area contributed by atoms with Crippen molar-refractivity contribution in [2.75, 3.05) is 11.9 Å². The molecule has 2 aromatic rings. The number of ether oxygens (including phenoxy) is 1. The predicted molar refractivity (Wildman–Crippen MR) is 75.2 cm³/mol. The summed E-state index contributed by atoms with van der Waals surface area (Å²) in [5.74, 6) is 0.372. The van der Waals surface area contributed by atoms with Crippen LogP contribution in [0.4, 0.5) is 11.6 Å². The summed E-state index contributed by atoms with van der Waals surface area (Å²) < 4.78 is 5.23. The van der Waals surface area contributed by atoms with E-state index < -0.39 is 0 Å². The van der Waals surface area contributed by atoms with Crippen LogP contribution in [0, 0.1) is 13.8 Å². The van der Waals surface area contributed by atoms with Gasteiger partial charge in [-0.3, -0.25) is 0 Å². The first-order valence-corrected chi connectivity index (χ1v) is 6.35. The normalized spacial score (nSPS) is 10.3. The molecule has 0 spiro atoms. The molecule has 0 aliphatic carbocycles. The topological polar surface area (TPSA) is 59.9 Å². The second kappa shape index (κ2) is 5.84. The fourth-order valence-electron chi connectivity index (χ4n) is 1.59. The van der Waals surface area contributed by atoms with Crippen molar-refractivity contribution in [1.29, 1.82) is 0 Å². The molecule has 1 aromatic carbocycles. The second-order valence-corrected chi connectivity index (χ2v) is 4.35. The van der Waals surface area contributed by atoms with Gasteiger partial charge in [0.1, 0.15) is 0 Å². The van der Waals surface area contributed by atoms with E-state index in [1.54, 1.807) is 0 Å². The summed E-state index contributed by atoms with van der Waals surface area (Å²) in [5, 5.41) is 3.23. The fourth-order valence-corrected chi connectivity index (χ4v) is 1.74. The SMILES string of the molecule is CCOc1nc(Cl)nc(Nc2cccc(C)c2C)n1. The van der Waals surface area contributed by atoms with Gasteiger partial charge in [0.05, 0.1) is 6.61 Å². The van der Waals surface area contributed by atoms with Crippen LogP contribution in [0.5, 0.6) is 6.01 Å². The second-order valence-electron chi connectivity index (χ2n) is 4.02. The summed E-state index contributed by atoms with van der Waals surface area (Å²) in [7, 11) is 0. The number of rotatable bonds is 4. The van der Waals surface area contributed by atoms with Crippen molar-refractivity contribution in [2.24, 2.45) is 0 Å². The Labute approximate surface area is 117 Å². The standard InChI is InChI=1S/C13H15ClN4O/c1-4-19-13-17-11(14)16-12(18-13)15-10-7-5-6-8(2)9(10)3/h5-7H,4H2,1-3H3,(H,15,16,17,18). The molecule has 0 bridgehead atoms. The molecule has 0 saturated carbocycles. The van der Waals surface area contributed by atoms with Gasteiger partial charge in [-0.15, -0.1) is 0 Å². The van der Waals surface area contributed by atoms with Crippen LogP contribution >= 0.6 is 11.6 Å². The van der Waals surface area contributed by atoms with Gasteiger partial charge in [-0.1, -0.05) is 12.1 Å². The molecule has 100 valence electrons. The monoisotopic (exact) mass is 278 g/mol. The maximum atomic E-state index is 5.84. The van der Waals surface area contributed by atoms with Crippen LogP contribution in [0.3, 0.4) is 0 Å². The lowest BCUT2D eigenvalue weighted by atomic mass is 10.1. The minimum atomic E-state index is 0.103. The van der Waals surface area contributed by atoms with Gasteiger partial charge < -0.3 is 10.1 Å². The zero-order valence-electron chi connectivity index (χ0n) is 11.1. The number of benzene rings is 1. The lowest BCUT2D eigenvalue weighted by Crippen LogP contribution is -2.04. The number of halogens is 1. The number of nitrogens with one attached hydrogen (secondary N) is 1. The van der Waals surface area contributed by atoms with Gasteiger partial charge in [-0.25, -0.2) is 0 Å². The van der Waals surface area contributed by atoms with Crippen molar-refractivity contribution < 1.29 is 4.74 Å². The summed E-state index contributed by atoms with van der Waals surface area (Å²) in [5.41, 5.74) is 3.26. The Kier molecular flexibility index (Phi) is 4.16. The molecule has 2 rings (SSSR count). The maximum Gasteiger partial charge on any atom is 0.322 e. The lowest BCUT2D eigenvalue weighted by molar-refractivity contribution is 0.312. The van der Waals surface area contributed by atoms with Crippen molar-refractivity contribution in [3.8, 4) is 6.01 Å². The highest BCUT2D eigenvalue weighted by molar-refractivity contribution is 6.28. The summed E-state index contributed by atoms with van der Waals surface area (Å²) in [6, 6.07) is 6.19. The number of aryl methyl sites for hydroxylation is 1. The molecule has 1 N–H and O–H groups in total. The molecule has 0 aliphatic heterocycles. The first-order chi connectivity index (χ1) is 9.10. The van der Waals surface area contributed by atoms with E-state index in [4.69, 9.17) is 16.3 Å². The largest absolute Gasteiger partial charge is 0.464 e. The average molecular weight is 279 g/mol. The van der Waals surface area contributed by atoms with Crippen molar-refractivity contribution >= 4 is 23.2 Å². The van der Waals surface area contributed by atoms with Gasteiger partial charge in [0.15, 0.2) is 0 Å². The van der Waals surface area contributed by atoms with E-state index in [1.165, 1.54) is 5.56 Å². The highest BCUT2D eigenvalue weighted by atomic mass is 35.5. The van der Waals surface area contributed by atoms with E-state index in [0.29, 0.717) is 12.6 Å². The zero-order valence-corrected chi connectivity index (χ0v) is 11.8. The third-order valence-electron chi connectivity index (χ3n) is 2.71. The fraction of sp³-hybridized carbons (Fsp3) is 0.308. The number of aromatic nitrogens is 3. The maximum absolute atomic E-state index is 5.84. The van der Waals surface area contributed by atoms with Crippen LogP contribution in [-0.2, 0) is 0 Å². The van der Waals surface area contributed by atoms with Crippen LogP contribution in [0.2, 0.25) is 5.28 Å². The minimum Gasteiger partial charge on any atom is -0.464 e. The molecule has 0 atom stereocenters. The van der Waals surface area contributed by atoms with Crippen LogP contribution < -0.4 is 10.1 Å². The van der Waals surface area contributed by atoms with Gasteiger partial charge in [0.2, 0.25) is 11.2 Å². The van der Waals surface area contributed by atoms with E-state index >= 15 is 0 Å². The highest BCUT2D eigenvalue weighted by Crippen LogP contribution is 2.22. The molecule has 6 heteroatoms. The van der Waals surface area contributed by atoms with E-state index in [2.05, 4.69) is 20.3 Å². The molecule has 0 saturated heterocycles. The Balaban J connectivity index is 2.30. The molecule has 0 unspecified atom stereocenters. The Bertz CT molecular complexity index is 589. The molecule has 0 fully saturated rings. The number of hydrogen-bond acceptors (Lipinski definition) is 5. The molecular weight excluding hydrogens is 264 g/mol. The van der Waals surface area contributed by atoms with Gasteiger partial charge >= 0.3 is 6.01 Å². The molecule has 0 amide bonds. The smallest absolute Gasteiger partial charge is 0.322 e. The Morgan fingerprint density at radius 2 is 2.00 bits per heavy atom. The molecule has 1 aromatic heterocycles. The Morgan fingerprint density at radius 1 is 1.21 bits per heavy atom. The molecule has 5 nitrogen and oxygen atoms in total. The van der Waals surface area contributed by atoms with Gasteiger partial charge in [0.25, 0.3) is 0 Å². The van der Waals surface area contributed by atoms with Crippen LogP contribution in [-0.4, -0.2) is 21.6 Å². The molecule has 19 heavy (non-hydrogen) atoms. The Hall–Kier alpha value is -1.88. The number of hydrogen-bond donors (Lipinski definition) is 1. The van der Waals surface area contributed by atoms with Gasteiger partial charge in [-0.2, -0.15) is 15.0 Å². The summed E-state index contributed by atoms with van der Waals surface area (Å²) in [6.45, 7) is 6.41. The number of anilines is 2. The third kappa shape index (κ3) is 3.32. The predicted octanol–water partition coefficient (Wildman–Crippen LogP) is 3.28. The summed E-state index contributed by atoms with van der Waals surface area (Å²) in [4.78, 5) is 12.1. The molecular formula is C13H15ClN4O. The highest BCUT2D eigenvalue weighted by Gasteiger charge is 2.07. The zero-order chi connectivity index (χ0) is 13.8. The summed E-state index contributed by atoms with van der Waals surface area (Å²) in [6.07, 6.45) is 0. The van der Waals surface area contributed by atoms with Crippen molar-refractivity contribution in [1.82, 2.24) is 15.0 Å². The molecule has 1 heterocycles. The van der Waals surface area contributed by atoms with E-state index in [9.17, 15) is 0 Å². The van der Waals surface area contributed by atoms with Crippen LogP contribution in [0.15, 0.2) is 18.2 Å². The van der Waals surface area contributed by atoms with E-state index in [1.807, 2.05) is 39.0 Å². The van der Waals surface area contributed by atoms with Crippen molar-refractivity contribution in [3.63, 3.8) is 0 Å². The van der Waals surface area contributed by atoms with E-state index in [0.717, 1.165) is 11.3 Å². The van der Waals surface area contributed by atoms with Crippen LogP contribution in [0.25, 0.3) is 0 Å². The first-order valence-electron chi connectivity index (χ1n) is 5.97. The van der Waals surface area contributed by atoms with Crippen molar-refractivity contribution in [2.45, 2.75) is 20.8 Å².